The van der Waals surface area contributed by atoms with Crippen LogP contribution in [0.3, 0.4) is 0 Å². The smallest absolute Gasteiger partial charge is 0.159 e. The average molecular weight is 286 g/mol. The molecule has 0 aliphatic carbocycles. The van der Waals surface area contributed by atoms with Crippen LogP contribution in [0.1, 0.15) is 0 Å². The molecule has 0 radical (unpaired) electrons. The van der Waals surface area contributed by atoms with Gasteiger partial charge in [0.25, 0.3) is 0 Å². The summed E-state index contributed by atoms with van der Waals surface area (Å²) in [6.45, 7) is 0. The molecule has 0 unspecified atom stereocenters. The summed E-state index contributed by atoms with van der Waals surface area (Å²) in [5.74, 6) is 0.860. The molecule has 0 amide bonds. The fourth-order valence-electron chi connectivity index (χ4n) is 2.59. The van der Waals surface area contributed by atoms with E-state index in [9.17, 15) is 0 Å². The largest absolute Gasteiger partial charge is 0.326 e. The van der Waals surface area contributed by atoms with Crippen LogP contribution in [0.2, 0.25) is 0 Å². The lowest BCUT2D eigenvalue weighted by Gasteiger charge is -2.04. The van der Waals surface area contributed by atoms with Crippen LogP contribution < -0.4 is 0 Å². The molecule has 4 aromatic rings. The van der Waals surface area contributed by atoms with Gasteiger partial charge in [-0.1, -0.05) is 24.3 Å². The first kappa shape index (κ1) is 12.7. The van der Waals surface area contributed by atoms with Crippen molar-refractivity contribution in [1.29, 1.82) is 0 Å². The maximum atomic E-state index is 4.72. The van der Waals surface area contributed by atoms with Crippen LogP contribution in [0.4, 0.5) is 0 Å². The minimum absolute atomic E-state index is 0.849. The number of para-hydroxylation sites is 2. The van der Waals surface area contributed by atoms with Gasteiger partial charge in [0.15, 0.2) is 5.82 Å². The summed E-state index contributed by atoms with van der Waals surface area (Å²) in [4.78, 5) is 13.8. The predicted octanol–water partition coefficient (Wildman–Crippen LogP) is 3.70. The lowest BCUT2D eigenvalue weighted by Crippen LogP contribution is -1.96. The third kappa shape index (κ3) is 2.05. The minimum Gasteiger partial charge on any atom is -0.326 e. The van der Waals surface area contributed by atoms with E-state index in [1.165, 1.54) is 0 Å². The molecule has 106 valence electrons. The second-order valence-corrected chi connectivity index (χ2v) is 5.11. The van der Waals surface area contributed by atoms with Gasteiger partial charge in [-0.2, -0.15) is 0 Å². The van der Waals surface area contributed by atoms with Crippen LogP contribution in [0.5, 0.6) is 0 Å². The van der Waals surface area contributed by atoms with Crippen molar-refractivity contribution in [3.8, 4) is 22.9 Å². The molecule has 22 heavy (non-hydrogen) atoms. The van der Waals surface area contributed by atoms with Gasteiger partial charge in [-0.05, 0) is 36.4 Å². The van der Waals surface area contributed by atoms with E-state index in [2.05, 4.69) is 15.6 Å². The van der Waals surface area contributed by atoms with E-state index in [4.69, 9.17) is 9.97 Å². The summed E-state index contributed by atoms with van der Waals surface area (Å²) in [5, 5.41) is 0. The van der Waals surface area contributed by atoms with Crippen molar-refractivity contribution in [2.45, 2.75) is 0 Å². The Bertz CT molecular complexity index is 942. The van der Waals surface area contributed by atoms with Crippen molar-refractivity contribution in [3.05, 3.63) is 66.9 Å². The Morgan fingerprint density at radius 3 is 2.32 bits per heavy atom. The first-order chi connectivity index (χ1) is 10.8. The van der Waals surface area contributed by atoms with E-state index < -0.39 is 0 Å². The van der Waals surface area contributed by atoms with Crippen LogP contribution in [-0.4, -0.2) is 19.5 Å². The number of hydrogen-bond acceptors (Lipinski definition) is 3. The number of aryl methyl sites for hydroxylation is 1. The van der Waals surface area contributed by atoms with Gasteiger partial charge in [-0.15, -0.1) is 0 Å². The molecule has 3 aromatic heterocycles. The lowest BCUT2D eigenvalue weighted by molar-refractivity contribution is 0.950. The molecular formula is C18H14N4. The van der Waals surface area contributed by atoms with Gasteiger partial charge in [-0.25, -0.2) is 9.97 Å². The van der Waals surface area contributed by atoms with Crippen LogP contribution in [-0.2, 0) is 7.05 Å². The van der Waals surface area contributed by atoms with Gasteiger partial charge in [0.2, 0.25) is 0 Å². The number of pyridine rings is 2. The Hall–Kier alpha value is -3.01. The van der Waals surface area contributed by atoms with Crippen LogP contribution in [0.25, 0.3) is 33.9 Å². The molecule has 3 heterocycles. The Morgan fingerprint density at radius 2 is 1.50 bits per heavy atom. The van der Waals surface area contributed by atoms with Gasteiger partial charge in [0.05, 0.1) is 22.4 Å². The highest BCUT2D eigenvalue weighted by atomic mass is 15.1. The second kappa shape index (κ2) is 5.07. The molecule has 0 aliphatic rings. The summed E-state index contributed by atoms with van der Waals surface area (Å²) in [7, 11) is 2.01. The highest BCUT2D eigenvalue weighted by Gasteiger charge is 2.11. The highest BCUT2D eigenvalue weighted by molar-refractivity contribution is 5.80. The fraction of sp³-hybridized carbons (Fsp3) is 0.0556. The number of hydrogen-bond donors (Lipinski definition) is 0. The third-order valence-corrected chi connectivity index (χ3v) is 3.69. The quantitative estimate of drug-likeness (QED) is 0.564. The molecule has 0 fully saturated rings. The number of fused-ring (bicyclic) bond motifs is 1. The number of rotatable bonds is 2. The molecule has 0 aliphatic heterocycles. The topological polar surface area (TPSA) is 43.6 Å². The monoisotopic (exact) mass is 286 g/mol. The normalized spacial score (nSPS) is 11.0. The summed E-state index contributed by atoms with van der Waals surface area (Å²) in [6.07, 6.45) is 1.78. The van der Waals surface area contributed by atoms with Gasteiger partial charge in [0, 0.05) is 13.2 Å². The number of aromatic nitrogens is 4. The summed E-state index contributed by atoms with van der Waals surface area (Å²) < 4.78 is 2.07. The first-order valence-electron chi connectivity index (χ1n) is 7.13. The zero-order valence-corrected chi connectivity index (χ0v) is 12.1. The van der Waals surface area contributed by atoms with E-state index in [-0.39, 0.29) is 0 Å². The summed E-state index contributed by atoms with van der Waals surface area (Å²) >= 11 is 0. The molecule has 4 nitrogen and oxygen atoms in total. The van der Waals surface area contributed by atoms with Gasteiger partial charge in [-0.3, -0.25) is 4.98 Å². The van der Waals surface area contributed by atoms with E-state index in [1.54, 1.807) is 6.20 Å². The molecule has 0 spiro atoms. The average Bonchev–Trinajstić information content (AvgIpc) is 2.93. The fourth-order valence-corrected chi connectivity index (χ4v) is 2.59. The summed E-state index contributed by atoms with van der Waals surface area (Å²) in [6, 6.07) is 19.9. The Kier molecular flexibility index (Phi) is 2.93. The second-order valence-electron chi connectivity index (χ2n) is 5.11. The SMILES string of the molecule is Cn1c(-c2cccc(-c3ccccn3)n2)nc2ccccc21. The maximum Gasteiger partial charge on any atom is 0.159 e. The Labute approximate surface area is 128 Å². The van der Waals surface area contributed by atoms with Crippen molar-refractivity contribution >= 4 is 11.0 Å². The highest BCUT2D eigenvalue weighted by Crippen LogP contribution is 2.24. The standard InChI is InChI=1S/C18H14N4/c1-22-17-11-3-2-8-15(17)21-18(22)16-10-6-9-14(20-16)13-7-4-5-12-19-13/h2-12H,1H3. The summed E-state index contributed by atoms with van der Waals surface area (Å²) in [5.41, 5.74) is 4.64. The minimum atomic E-state index is 0.849. The number of benzene rings is 1. The van der Waals surface area contributed by atoms with E-state index >= 15 is 0 Å². The third-order valence-electron chi connectivity index (χ3n) is 3.69. The van der Waals surface area contributed by atoms with E-state index in [0.29, 0.717) is 0 Å². The van der Waals surface area contributed by atoms with Crippen LogP contribution in [0, 0.1) is 0 Å². The molecule has 1 aromatic carbocycles. The van der Waals surface area contributed by atoms with Crippen molar-refractivity contribution in [3.63, 3.8) is 0 Å². The predicted molar refractivity (Wildman–Crippen MR) is 87.2 cm³/mol. The van der Waals surface area contributed by atoms with Gasteiger partial charge in [0.1, 0.15) is 5.69 Å². The van der Waals surface area contributed by atoms with Crippen LogP contribution in [0.15, 0.2) is 66.9 Å². The van der Waals surface area contributed by atoms with Gasteiger partial charge >= 0.3 is 0 Å². The maximum absolute atomic E-state index is 4.72. The molecule has 4 rings (SSSR count). The Morgan fingerprint density at radius 1 is 0.727 bits per heavy atom. The zero-order valence-electron chi connectivity index (χ0n) is 12.1. The van der Waals surface area contributed by atoms with Crippen molar-refractivity contribution in [1.82, 2.24) is 19.5 Å². The molecule has 0 saturated heterocycles. The molecule has 0 atom stereocenters. The van der Waals surface area contributed by atoms with Gasteiger partial charge < -0.3 is 4.57 Å². The number of nitrogens with zero attached hydrogens (tertiary/aromatic N) is 4. The molecule has 0 bridgehead atoms. The molecular weight excluding hydrogens is 272 g/mol. The molecule has 0 N–H and O–H groups in total. The molecule has 0 saturated carbocycles. The van der Waals surface area contributed by atoms with Crippen LogP contribution >= 0.6 is 0 Å². The first-order valence-corrected chi connectivity index (χ1v) is 7.13. The van der Waals surface area contributed by atoms with Crippen molar-refractivity contribution in [2.75, 3.05) is 0 Å². The van der Waals surface area contributed by atoms with Crippen molar-refractivity contribution in [2.24, 2.45) is 7.05 Å². The molecule has 4 heteroatoms. The van der Waals surface area contributed by atoms with Crippen molar-refractivity contribution < 1.29 is 0 Å². The lowest BCUT2D eigenvalue weighted by atomic mass is 10.2. The van der Waals surface area contributed by atoms with E-state index in [1.807, 2.05) is 61.6 Å². The Balaban J connectivity index is 1.87. The number of imidazole rings is 1. The zero-order chi connectivity index (χ0) is 14.9. The van der Waals surface area contributed by atoms with E-state index in [0.717, 1.165) is 33.9 Å².